The fourth-order valence-corrected chi connectivity index (χ4v) is 0.648. The number of benzene rings is 1. The number of nitrogens with two attached hydrogens (primary N) is 1. The van der Waals surface area contributed by atoms with Gasteiger partial charge in [0, 0.05) is 10.6 Å². The molecule has 1 rings (SSSR count). The predicted molar refractivity (Wildman–Crippen MR) is 53.7 cm³/mol. The molecule has 0 aromatic heterocycles. The van der Waals surface area contributed by atoms with Gasteiger partial charge in [-0.1, -0.05) is 18.8 Å². The second-order valence-electron chi connectivity index (χ2n) is 1.56. The van der Waals surface area contributed by atoms with E-state index in [2.05, 4.69) is 21.9 Å². The molecule has 0 aliphatic carbocycles. The lowest BCUT2D eigenvalue weighted by Gasteiger charge is -1.92. The van der Waals surface area contributed by atoms with Crippen LogP contribution in [0.5, 0.6) is 0 Å². The van der Waals surface area contributed by atoms with Crippen molar-refractivity contribution in [2.75, 3.05) is 12.4 Å². The van der Waals surface area contributed by atoms with E-state index in [-0.39, 0.29) is 0 Å². The van der Waals surface area contributed by atoms with Crippen LogP contribution in [0.2, 0.25) is 0 Å². The molecule has 0 radical (unpaired) electrons. The van der Waals surface area contributed by atoms with Crippen molar-refractivity contribution in [3.63, 3.8) is 0 Å². The molecule has 0 spiro atoms. The molecule has 0 heterocycles. The summed E-state index contributed by atoms with van der Waals surface area (Å²) in [5.74, 6) is 0. The van der Waals surface area contributed by atoms with Crippen molar-refractivity contribution in [2.45, 2.75) is 4.90 Å². The van der Waals surface area contributed by atoms with Crippen LogP contribution in [0.15, 0.2) is 29.2 Å². The molecule has 56 valence electrons. The highest BCUT2D eigenvalue weighted by atomic mass is 32.1. The third kappa shape index (κ3) is 3.09. The van der Waals surface area contributed by atoms with Gasteiger partial charge in [0.25, 0.3) is 0 Å². The molecule has 0 fully saturated rings. The van der Waals surface area contributed by atoms with Gasteiger partial charge in [-0.3, -0.25) is 0 Å². The van der Waals surface area contributed by atoms with E-state index in [1.54, 1.807) is 0 Å². The van der Waals surface area contributed by atoms with Gasteiger partial charge < -0.3 is 5.73 Å². The van der Waals surface area contributed by atoms with Crippen molar-refractivity contribution in [3.05, 3.63) is 24.3 Å². The van der Waals surface area contributed by atoms with Gasteiger partial charge in [0.05, 0.1) is 0 Å². The quantitative estimate of drug-likeness (QED) is 0.350. The summed E-state index contributed by atoms with van der Waals surface area (Å²) in [6.07, 6.45) is 0. The van der Waals surface area contributed by atoms with Crippen LogP contribution in [-0.2, 0) is 0 Å². The predicted octanol–water partition coefficient (Wildman–Crippen LogP) is 2.05. The lowest BCUT2D eigenvalue weighted by atomic mass is 10.3. The van der Waals surface area contributed by atoms with Gasteiger partial charge in [-0.2, -0.15) is 0 Å². The maximum atomic E-state index is 5.44. The van der Waals surface area contributed by atoms with Gasteiger partial charge >= 0.3 is 0 Å². The molecular weight excluding hydrogens is 161 g/mol. The van der Waals surface area contributed by atoms with Gasteiger partial charge in [0.2, 0.25) is 0 Å². The lowest BCUT2D eigenvalue weighted by molar-refractivity contribution is 1.48. The Labute approximate surface area is 69.6 Å². The summed E-state index contributed by atoms with van der Waals surface area (Å²) >= 11 is 4.07. The van der Waals surface area contributed by atoms with Crippen LogP contribution >= 0.6 is 21.9 Å². The van der Waals surface area contributed by atoms with Crippen molar-refractivity contribution in [2.24, 2.45) is 0 Å². The van der Waals surface area contributed by atoms with E-state index in [0.717, 1.165) is 10.6 Å². The first-order valence-corrected chi connectivity index (χ1v) is 4.52. The monoisotopic (exact) mass is 173 g/mol. The van der Waals surface area contributed by atoms with Crippen molar-refractivity contribution in [1.29, 1.82) is 0 Å². The van der Waals surface area contributed by atoms with Crippen LogP contribution in [0.3, 0.4) is 0 Å². The maximum Gasteiger partial charge on any atom is 0.0449 e. The molecule has 1 unspecified atom stereocenters. The van der Waals surface area contributed by atoms with Gasteiger partial charge in [-0.05, 0) is 12.1 Å². The highest BCUT2D eigenvalue weighted by Crippen LogP contribution is 2.13. The van der Waals surface area contributed by atoms with Crippen LogP contribution in [0, 0.1) is 0 Å². The van der Waals surface area contributed by atoms with Gasteiger partial charge in [0.15, 0.2) is 0 Å². The molecule has 0 bridgehead atoms. The van der Waals surface area contributed by atoms with E-state index < -0.39 is 0 Å². The molecule has 0 aliphatic heterocycles. The number of nitrogen functional groups attached to an aromatic ring is 1. The molecule has 1 aromatic carbocycles. The third-order valence-electron chi connectivity index (χ3n) is 0.937. The van der Waals surface area contributed by atoms with E-state index in [1.165, 1.54) is 0 Å². The third-order valence-corrected chi connectivity index (χ3v) is 1.34. The minimum atomic E-state index is 0.732. The summed E-state index contributed by atoms with van der Waals surface area (Å²) < 4.78 is 0. The summed E-state index contributed by atoms with van der Waals surface area (Å²) in [5, 5.41) is 0. The molecule has 1 atom stereocenters. The van der Waals surface area contributed by atoms with Crippen molar-refractivity contribution in [3.8, 4) is 0 Å². The van der Waals surface area contributed by atoms with E-state index in [4.69, 9.17) is 5.73 Å². The highest BCUT2D eigenvalue weighted by molar-refractivity contribution is 7.80. The highest BCUT2D eigenvalue weighted by Gasteiger charge is 1.85. The Morgan fingerprint density at radius 3 is 2.10 bits per heavy atom. The zero-order valence-electron chi connectivity index (χ0n) is 5.91. The molecule has 3 heteroatoms. The standard InChI is InChI=1S/C6H7NS.CH5P/c7-5-3-1-2-4-6(5)8;1-2/h1-4,8H,7H2;2H2,1H3. The van der Waals surface area contributed by atoms with Crippen LogP contribution in [0.4, 0.5) is 5.69 Å². The number of hydrogen-bond acceptors (Lipinski definition) is 2. The second kappa shape index (κ2) is 5.57. The van der Waals surface area contributed by atoms with E-state index in [0.29, 0.717) is 0 Å². The lowest BCUT2D eigenvalue weighted by Crippen LogP contribution is -1.83. The molecule has 0 amide bonds. The molecule has 1 aromatic rings. The minimum absolute atomic E-state index is 0.732. The average Bonchev–Trinajstić information content (AvgIpc) is 2.00. The summed E-state index contributed by atoms with van der Waals surface area (Å²) in [6, 6.07) is 7.47. The summed E-state index contributed by atoms with van der Waals surface area (Å²) in [6.45, 7) is 1.92. The summed E-state index contributed by atoms with van der Waals surface area (Å²) in [5.41, 5.74) is 6.18. The molecule has 2 N–H and O–H groups in total. The van der Waals surface area contributed by atoms with Crippen molar-refractivity contribution >= 4 is 27.6 Å². The second-order valence-corrected chi connectivity index (χ2v) is 2.04. The van der Waals surface area contributed by atoms with Crippen LogP contribution < -0.4 is 5.73 Å². The Morgan fingerprint density at radius 2 is 1.80 bits per heavy atom. The average molecular weight is 173 g/mol. The van der Waals surface area contributed by atoms with E-state index in [1.807, 2.05) is 30.9 Å². The zero-order chi connectivity index (χ0) is 7.98. The maximum absolute atomic E-state index is 5.44. The number of para-hydroxylation sites is 1. The first-order chi connectivity index (χ1) is 4.80. The Kier molecular flexibility index (Phi) is 5.46. The van der Waals surface area contributed by atoms with Crippen LogP contribution in [0.25, 0.3) is 0 Å². The van der Waals surface area contributed by atoms with Crippen LogP contribution in [-0.4, -0.2) is 6.66 Å². The molecule has 10 heavy (non-hydrogen) atoms. The zero-order valence-corrected chi connectivity index (χ0v) is 7.96. The molecule has 0 aliphatic rings. The SMILES string of the molecule is CP.Nc1ccccc1S. The Hall–Kier alpha value is -0.200. The summed E-state index contributed by atoms with van der Waals surface area (Å²) in [4.78, 5) is 0.840. The molecule has 1 nitrogen and oxygen atoms in total. The van der Waals surface area contributed by atoms with Gasteiger partial charge in [0.1, 0.15) is 0 Å². The summed E-state index contributed by atoms with van der Waals surface area (Å²) in [7, 11) is 2.42. The Bertz CT molecular complexity index is 170. The number of rotatable bonds is 0. The van der Waals surface area contributed by atoms with Gasteiger partial charge in [-0.25, -0.2) is 0 Å². The smallest absolute Gasteiger partial charge is 0.0449 e. The van der Waals surface area contributed by atoms with Gasteiger partial charge in [-0.15, -0.1) is 21.9 Å². The normalized spacial score (nSPS) is 7.90. The van der Waals surface area contributed by atoms with E-state index >= 15 is 0 Å². The first-order valence-electron chi connectivity index (χ1n) is 2.92. The molecular formula is C7H12NPS. The fourth-order valence-electron chi connectivity index (χ4n) is 0.488. The number of thiol groups is 1. The topological polar surface area (TPSA) is 26.0 Å². The number of hydrogen-bond donors (Lipinski definition) is 2. The Balaban J connectivity index is 0.000000371. The first kappa shape index (κ1) is 9.80. The van der Waals surface area contributed by atoms with Crippen molar-refractivity contribution in [1.82, 2.24) is 0 Å². The minimum Gasteiger partial charge on any atom is -0.398 e. The van der Waals surface area contributed by atoms with Crippen molar-refractivity contribution < 1.29 is 0 Å². The number of anilines is 1. The molecule has 0 saturated carbocycles. The fraction of sp³-hybridized carbons (Fsp3) is 0.143. The van der Waals surface area contributed by atoms with E-state index in [9.17, 15) is 0 Å². The van der Waals surface area contributed by atoms with Crippen LogP contribution in [0.1, 0.15) is 0 Å². The molecule has 0 saturated heterocycles. The Morgan fingerprint density at radius 1 is 1.30 bits per heavy atom. The largest absolute Gasteiger partial charge is 0.398 e.